The van der Waals surface area contributed by atoms with Gasteiger partial charge in [-0.15, -0.1) is 0 Å². The summed E-state index contributed by atoms with van der Waals surface area (Å²) in [5.74, 6) is 0.280. The van der Waals surface area contributed by atoms with Gasteiger partial charge in [-0.3, -0.25) is 0 Å². The van der Waals surface area contributed by atoms with Gasteiger partial charge in [0.15, 0.2) is 0 Å². The number of hydrogen-bond donors (Lipinski definition) is 1. The van der Waals surface area contributed by atoms with Crippen LogP contribution in [-0.4, -0.2) is 5.11 Å². The van der Waals surface area contributed by atoms with Gasteiger partial charge in [-0.1, -0.05) is 84.9 Å². The molecule has 2 atom stereocenters. The third-order valence-electron chi connectivity index (χ3n) is 7.88. The molecule has 1 heteroatoms. The minimum absolute atomic E-state index is 0.140. The maximum absolute atomic E-state index is 12.7. The Kier molecular flexibility index (Phi) is 4.30. The average molecular weight is 405 g/mol. The SMILES string of the molecule is Cc1ccccc1C1(O)C2Cc3ccccc3CC1Cc1cccc3cccc(c13)C2. The fourth-order valence-corrected chi connectivity index (χ4v) is 6.42. The largest absolute Gasteiger partial charge is 0.385 e. The van der Waals surface area contributed by atoms with Crippen LogP contribution in [0.15, 0.2) is 84.9 Å². The van der Waals surface area contributed by atoms with Gasteiger partial charge >= 0.3 is 0 Å². The Hall–Kier alpha value is -2.90. The highest BCUT2D eigenvalue weighted by atomic mass is 16.3. The van der Waals surface area contributed by atoms with Gasteiger partial charge in [0.2, 0.25) is 0 Å². The number of rotatable bonds is 1. The number of aliphatic hydroxyl groups is 1. The summed E-state index contributed by atoms with van der Waals surface area (Å²) >= 11 is 0. The Bertz CT molecular complexity index is 1210. The van der Waals surface area contributed by atoms with Crippen molar-refractivity contribution in [2.75, 3.05) is 0 Å². The number of aryl methyl sites for hydroxylation is 1. The standard InChI is InChI=1S/C30H28O/c1-20-8-2-5-15-28(20)30(31)26-16-22-9-3-4-10-23(22)17-27(30)19-25-14-7-12-21-11-6-13-24(18-26)29(21)25/h2-15,26-27,31H,16-19H2,1H3. The summed E-state index contributed by atoms with van der Waals surface area (Å²) < 4.78 is 0. The Morgan fingerprint density at radius 1 is 0.613 bits per heavy atom. The van der Waals surface area contributed by atoms with Crippen molar-refractivity contribution in [3.63, 3.8) is 0 Å². The second-order valence-electron chi connectivity index (χ2n) is 9.55. The fraction of sp³-hybridized carbons (Fsp3) is 0.267. The van der Waals surface area contributed by atoms with E-state index in [9.17, 15) is 5.11 Å². The van der Waals surface area contributed by atoms with Crippen LogP contribution in [0.4, 0.5) is 0 Å². The highest BCUT2D eigenvalue weighted by molar-refractivity contribution is 5.89. The molecule has 0 saturated heterocycles. The van der Waals surface area contributed by atoms with Crippen molar-refractivity contribution in [1.82, 2.24) is 0 Å². The molecule has 2 unspecified atom stereocenters. The molecule has 31 heavy (non-hydrogen) atoms. The smallest absolute Gasteiger partial charge is 0.0967 e. The molecular formula is C30H28O. The zero-order chi connectivity index (χ0) is 21.0. The summed E-state index contributed by atoms with van der Waals surface area (Å²) in [6.07, 6.45) is 3.61. The van der Waals surface area contributed by atoms with E-state index in [1.165, 1.54) is 38.6 Å². The van der Waals surface area contributed by atoms with E-state index in [0.29, 0.717) is 0 Å². The van der Waals surface area contributed by atoms with Gasteiger partial charge < -0.3 is 5.11 Å². The minimum Gasteiger partial charge on any atom is -0.385 e. The molecule has 0 aromatic heterocycles. The number of benzene rings is 4. The Morgan fingerprint density at radius 3 is 1.68 bits per heavy atom. The van der Waals surface area contributed by atoms with Crippen molar-refractivity contribution in [2.45, 2.75) is 38.2 Å². The monoisotopic (exact) mass is 404 g/mol. The second kappa shape index (κ2) is 7.07. The van der Waals surface area contributed by atoms with Crippen molar-refractivity contribution in [2.24, 2.45) is 11.8 Å². The zero-order valence-corrected chi connectivity index (χ0v) is 18.0. The third-order valence-corrected chi connectivity index (χ3v) is 7.88. The minimum atomic E-state index is -0.861. The van der Waals surface area contributed by atoms with Crippen molar-refractivity contribution in [3.05, 3.63) is 118 Å². The van der Waals surface area contributed by atoms with Gasteiger partial charge in [0.1, 0.15) is 0 Å². The van der Waals surface area contributed by atoms with Gasteiger partial charge in [0.05, 0.1) is 5.60 Å². The number of hydrogen-bond acceptors (Lipinski definition) is 1. The molecule has 4 aromatic carbocycles. The van der Waals surface area contributed by atoms with Gasteiger partial charge in [-0.25, -0.2) is 0 Å². The van der Waals surface area contributed by atoms with Gasteiger partial charge in [-0.2, -0.15) is 0 Å². The molecule has 0 spiro atoms. The van der Waals surface area contributed by atoms with E-state index in [4.69, 9.17) is 0 Å². The topological polar surface area (TPSA) is 20.2 Å². The molecule has 154 valence electrons. The Morgan fingerprint density at radius 2 is 1.10 bits per heavy atom. The first-order valence-electron chi connectivity index (χ1n) is 11.5. The van der Waals surface area contributed by atoms with E-state index in [-0.39, 0.29) is 11.8 Å². The van der Waals surface area contributed by atoms with Crippen molar-refractivity contribution in [1.29, 1.82) is 0 Å². The number of fused-ring (bicyclic) bond motifs is 3. The molecule has 0 amide bonds. The molecule has 4 aromatic rings. The third kappa shape index (κ3) is 2.87. The molecule has 0 fully saturated rings. The molecule has 0 radical (unpaired) electrons. The zero-order valence-electron chi connectivity index (χ0n) is 18.0. The van der Waals surface area contributed by atoms with E-state index in [1.54, 1.807) is 0 Å². The predicted molar refractivity (Wildman–Crippen MR) is 127 cm³/mol. The van der Waals surface area contributed by atoms with Crippen molar-refractivity contribution >= 4 is 10.8 Å². The Labute approximate surface area is 184 Å². The predicted octanol–water partition coefficient (Wildman–Crippen LogP) is 6.17. The van der Waals surface area contributed by atoms with Gasteiger partial charge in [-0.05, 0) is 76.8 Å². The van der Waals surface area contributed by atoms with E-state index < -0.39 is 5.60 Å². The maximum atomic E-state index is 12.7. The molecule has 2 aliphatic carbocycles. The molecule has 2 aliphatic rings. The molecule has 1 N–H and O–H groups in total. The van der Waals surface area contributed by atoms with Crippen LogP contribution in [0.2, 0.25) is 0 Å². The summed E-state index contributed by atoms with van der Waals surface area (Å²) in [5.41, 5.74) is 7.01. The molecular weight excluding hydrogens is 376 g/mol. The van der Waals surface area contributed by atoms with Gasteiger partial charge in [0.25, 0.3) is 0 Å². The van der Waals surface area contributed by atoms with E-state index in [1.807, 2.05) is 0 Å². The molecule has 2 bridgehead atoms. The maximum Gasteiger partial charge on any atom is 0.0967 e. The lowest BCUT2D eigenvalue weighted by molar-refractivity contribution is -0.0754. The molecule has 0 heterocycles. The average Bonchev–Trinajstić information content (AvgIpc) is 2.91. The molecule has 6 rings (SSSR count). The van der Waals surface area contributed by atoms with Crippen LogP contribution in [0, 0.1) is 18.8 Å². The molecule has 0 aliphatic heterocycles. The van der Waals surface area contributed by atoms with Crippen LogP contribution in [0.3, 0.4) is 0 Å². The van der Waals surface area contributed by atoms with Crippen molar-refractivity contribution < 1.29 is 5.11 Å². The lowest BCUT2D eigenvalue weighted by Gasteiger charge is -2.44. The first-order chi connectivity index (χ1) is 15.1. The highest BCUT2D eigenvalue weighted by Crippen LogP contribution is 2.49. The van der Waals surface area contributed by atoms with Crippen LogP contribution >= 0.6 is 0 Å². The van der Waals surface area contributed by atoms with Gasteiger partial charge in [0, 0.05) is 11.8 Å². The second-order valence-corrected chi connectivity index (χ2v) is 9.55. The lowest BCUT2D eigenvalue weighted by atomic mass is 9.64. The van der Waals surface area contributed by atoms with Crippen LogP contribution in [-0.2, 0) is 31.3 Å². The summed E-state index contributed by atoms with van der Waals surface area (Å²) in [7, 11) is 0. The molecule has 0 saturated carbocycles. The fourth-order valence-electron chi connectivity index (χ4n) is 6.42. The van der Waals surface area contributed by atoms with Crippen LogP contribution in [0.1, 0.15) is 33.4 Å². The highest BCUT2D eigenvalue weighted by Gasteiger charge is 2.48. The van der Waals surface area contributed by atoms with Crippen LogP contribution < -0.4 is 0 Å². The van der Waals surface area contributed by atoms with Crippen LogP contribution in [0.25, 0.3) is 10.8 Å². The lowest BCUT2D eigenvalue weighted by Crippen LogP contribution is -2.46. The van der Waals surface area contributed by atoms with Crippen LogP contribution in [0.5, 0.6) is 0 Å². The summed E-state index contributed by atoms with van der Waals surface area (Å²) in [5, 5.41) is 15.5. The quantitative estimate of drug-likeness (QED) is 0.402. The van der Waals surface area contributed by atoms with E-state index in [2.05, 4.69) is 91.9 Å². The Balaban J connectivity index is 1.63. The van der Waals surface area contributed by atoms with E-state index in [0.717, 1.165) is 31.2 Å². The molecule has 1 nitrogen and oxygen atoms in total. The van der Waals surface area contributed by atoms with Crippen molar-refractivity contribution in [3.8, 4) is 0 Å². The first kappa shape index (κ1) is 18.8. The summed E-state index contributed by atoms with van der Waals surface area (Å²) in [4.78, 5) is 0. The first-order valence-corrected chi connectivity index (χ1v) is 11.5. The normalized spacial score (nSPS) is 24.7. The van der Waals surface area contributed by atoms with E-state index >= 15 is 0 Å². The summed E-state index contributed by atoms with van der Waals surface area (Å²) in [6.45, 7) is 2.15. The summed E-state index contributed by atoms with van der Waals surface area (Å²) in [6, 6.07) is 30.7.